The highest BCUT2D eigenvalue weighted by molar-refractivity contribution is 5.92. The first-order valence-corrected chi connectivity index (χ1v) is 15.2. The average Bonchev–Trinajstić information content (AvgIpc) is 3.08. The molecule has 0 unspecified atom stereocenters. The summed E-state index contributed by atoms with van der Waals surface area (Å²) in [7, 11) is 0. The first-order valence-electron chi connectivity index (χ1n) is 15.2. The van der Waals surface area contributed by atoms with Crippen molar-refractivity contribution >= 4 is 23.4 Å². The number of pyridine rings is 3. The number of hydrogen-bond donors (Lipinski definition) is 4. The molecule has 12 heteroatoms. The predicted molar refractivity (Wildman–Crippen MR) is 176 cm³/mol. The van der Waals surface area contributed by atoms with Gasteiger partial charge in [-0.2, -0.15) is 0 Å². The van der Waals surface area contributed by atoms with Gasteiger partial charge in [-0.15, -0.1) is 0 Å². The molecule has 0 aliphatic rings. The fourth-order valence-electron chi connectivity index (χ4n) is 4.69. The van der Waals surface area contributed by atoms with E-state index in [1.54, 1.807) is 18.6 Å². The molecule has 0 saturated heterocycles. The van der Waals surface area contributed by atoms with Gasteiger partial charge in [-0.1, -0.05) is 30.3 Å². The topological polar surface area (TPSA) is 158 Å². The molecule has 12 nitrogen and oxygen atoms in total. The summed E-state index contributed by atoms with van der Waals surface area (Å²) < 4.78 is 0. The molecule has 4 rings (SSSR count). The lowest BCUT2D eigenvalue weighted by molar-refractivity contribution is -0.125. The summed E-state index contributed by atoms with van der Waals surface area (Å²) in [5.74, 6) is -0.787. The van der Waals surface area contributed by atoms with Crippen molar-refractivity contribution in [1.82, 2.24) is 35.4 Å². The SMILES string of the molecule is NCC(=O)NCC(=O)NCCc1ccc(NC(=O)CN(CCN(Cc2ccccn2)Cc2ccccn2)Cc2ccccn2)cc1. The van der Waals surface area contributed by atoms with Gasteiger partial charge in [0.1, 0.15) is 0 Å². The number of nitrogens with zero attached hydrogens (tertiary/aromatic N) is 5. The van der Waals surface area contributed by atoms with E-state index in [2.05, 4.69) is 40.7 Å². The summed E-state index contributed by atoms with van der Waals surface area (Å²) in [4.78, 5) is 54.1. The molecule has 3 amide bonds. The number of carbonyl (C=O) groups excluding carboxylic acids is 3. The molecule has 46 heavy (non-hydrogen) atoms. The number of nitrogens with one attached hydrogen (secondary N) is 3. The lowest BCUT2D eigenvalue weighted by Crippen LogP contribution is -2.40. The molecule has 4 aromatic rings. The molecule has 0 aliphatic heterocycles. The van der Waals surface area contributed by atoms with Gasteiger partial charge in [0.15, 0.2) is 0 Å². The predicted octanol–water partition coefficient (Wildman–Crippen LogP) is 1.75. The van der Waals surface area contributed by atoms with Gasteiger partial charge in [0.05, 0.1) is 36.7 Å². The van der Waals surface area contributed by atoms with Crippen LogP contribution in [0.25, 0.3) is 0 Å². The molecule has 0 atom stereocenters. The van der Waals surface area contributed by atoms with Crippen LogP contribution in [0.1, 0.15) is 22.6 Å². The monoisotopic (exact) mass is 623 g/mol. The third kappa shape index (κ3) is 12.5. The molecule has 0 saturated carbocycles. The zero-order valence-electron chi connectivity index (χ0n) is 25.8. The number of hydrogen-bond acceptors (Lipinski definition) is 9. The molecule has 0 radical (unpaired) electrons. The molecular formula is C34H41N9O3. The van der Waals surface area contributed by atoms with Gasteiger partial charge in [0, 0.05) is 63.5 Å². The van der Waals surface area contributed by atoms with Crippen molar-refractivity contribution in [3.8, 4) is 0 Å². The van der Waals surface area contributed by atoms with E-state index in [9.17, 15) is 14.4 Å². The molecule has 3 aromatic heterocycles. The van der Waals surface area contributed by atoms with Crippen molar-refractivity contribution in [3.05, 3.63) is 120 Å². The number of benzene rings is 1. The van der Waals surface area contributed by atoms with Crippen molar-refractivity contribution in [2.45, 2.75) is 26.1 Å². The van der Waals surface area contributed by atoms with Crippen LogP contribution < -0.4 is 21.7 Å². The summed E-state index contributed by atoms with van der Waals surface area (Å²) >= 11 is 0. The van der Waals surface area contributed by atoms with Crippen LogP contribution in [-0.2, 0) is 40.4 Å². The standard InChI is InChI=1S/C34H41N9O3/c35-21-32(44)40-22-33(45)39-18-14-27-10-12-28(13-11-27)41-34(46)26-43(25-31-9-3-6-17-38-31)20-19-42(23-29-7-1-4-15-36-29)24-30-8-2-5-16-37-30/h1-13,15-17H,14,18-26,35H2,(H,39,45)(H,40,44)(H,41,46). The zero-order valence-corrected chi connectivity index (χ0v) is 25.8. The average molecular weight is 624 g/mol. The summed E-state index contributed by atoms with van der Waals surface area (Å²) in [5.41, 5.74) is 9.73. The van der Waals surface area contributed by atoms with Crippen molar-refractivity contribution in [3.63, 3.8) is 0 Å². The van der Waals surface area contributed by atoms with E-state index >= 15 is 0 Å². The minimum absolute atomic E-state index is 0.106. The van der Waals surface area contributed by atoms with Gasteiger partial charge >= 0.3 is 0 Å². The van der Waals surface area contributed by atoms with Crippen LogP contribution in [0.4, 0.5) is 5.69 Å². The minimum Gasteiger partial charge on any atom is -0.354 e. The Morgan fingerprint density at radius 3 is 1.70 bits per heavy atom. The number of carbonyl (C=O) groups is 3. The fraction of sp³-hybridized carbons (Fsp3) is 0.294. The summed E-state index contributed by atoms with van der Waals surface area (Å²) in [6, 6.07) is 25.1. The Morgan fingerprint density at radius 1 is 0.630 bits per heavy atom. The van der Waals surface area contributed by atoms with Crippen LogP contribution in [-0.4, -0.2) is 81.7 Å². The van der Waals surface area contributed by atoms with Crippen molar-refractivity contribution in [2.24, 2.45) is 5.73 Å². The molecule has 1 aromatic carbocycles. The largest absolute Gasteiger partial charge is 0.354 e. The van der Waals surface area contributed by atoms with Crippen LogP contribution in [0, 0.1) is 0 Å². The Bertz CT molecular complexity index is 1450. The van der Waals surface area contributed by atoms with E-state index in [0.717, 1.165) is 22.6 Å². The van der Waals surface area contributed by atoms with E-state index in [-0.39, 0.29) is 37.4 Å². The molecule has 0 spiro atoms. The summed E-state index contributed by atoms with van der Waals surface area (Å²) in [6.45, 7) is 3.50. The zero-order chi connectivity index (χ0) is 32.4. The fourth-order valence-corrected chi connectivity index (χ4v) is 4.69. The second-order valence-corrected chi connectivity index (χ2v) is 10.7. The number of amides is 3. The lowest BCUT2D eigenvalue weighted by atomic mass is 10.1. The summed E-state index contributed by atoms with van der Waals surface area (Å²) in [6.07, 6.45) is 5.96. The Balaban J connectivity index is 1.32. The van der Waals surface area contributed by atoms with Crippen LogP contribution in [0.5, 0.6) is 0 Å². The number of anilines is 1. The second-order valence-electron chi connectivity index (χ2n) is 10.7. The first-order chi connectivity index (χ1) is 22.5. The lowest BCUT2D eigenvalue weighted by Gasteiger charge is -2.27. The number of rotatable bonds is 18. The van der Waals surface area contributed by atoms with Crippen molar-refractivity contribution in [1.29, 1.82) is 0 Å². The van der Waals surface area contributed by atoms with E-state index < -0.39 is 0 Å². The first kappa shape index (κ1) is 33.8. The van der Waals surface area contributed by atoms with Gasteiger partial charge < -0.3 is 21.7 Å². The molecule has 0 aliphatic carbocycles. The van der Waals surface area contributed by atoms with E-state index in [1.807, 2.05) is 78.9 Å². The third-order valence-electron chi connectivity index (χ3n) is 7.04. The number of aromatic nitrogens is 3. The van der Waals surface area contributed by atoms with E-state index in [0.29, 0.717) is 51.4 Å². The van der Waals surface area contributed by atoms with Gasteiger partial charge in [0.25, 0.3) is 0 Å². The van der Waals surface area contributed by atoms with Crippen molar-refractivity contribution < 1.29 is 14.4 Å². The highest BCUT2D eigenvalue weighted by Gasteiger charge is 2.16. The number of nitrogens with two attached hydrogens (primary N) is 1. The van der Waals surface area contributed by atoms with Crippen LogP contribution in [0.15, 0.2) is 97.5 Å². The van der Waals surface area contributed by atoms with Crippen LogP contribution in [0.2, 0.25) is 0 Å². The Labute approximate surface area is 269 Å². The molecular weight excluding hydrogens is 582 g/mol. The Morgan fingerprint density at radius 2 is 1.17 bits per heavy atom. The Hall–Kier alpha value is -5.04. The summed E-state index contributed by atoms with van der Waals surface area (Å²) in [5, 5.41) is 8.20. The smallest absolute Gasteiger partial charge is 0.239 e. The van der Waals surface area contributed by atoms with E-state index in [4.69, 9.17) is 5.73 Å². The molecule has 5 N–H and O–H groups in total. The normalized spacial score (nSPS) is 10.9. The van der Waals surface area contributed by atoms with Crippen LogP contribution >= 0.6 is 0 Å². The van der Waals surface area contributed by atoms with E-state index in [1.165, 1.54) is 0 Å². The molecule has 0 bridgehead atoms. The maximum Gasteiger partial charge on any atom is 0.239 e. The molecule has 0 fully saturated rings. The second kappa shape index (κ2) is 18.7. The quantitative estimate of drug-likeness (QED) is 0.130. The maximum atomic E-state index is 13.2. The highest BCUT2D eigenvalue weighted by atomic mass is 16.2. The van der Waals surface area contributed by atoms with Crippen molar-refractivity contribution in [2.75, 3.05) is 44.6 Å². The third-order valence-corrected chi connectivity index (χ3v) is 7.04. The molecule has 3 heterocycles. The highest BCUT2D eigenvalue weighted by Crippen LogP contribution is 2.12. The maximum absolute atomic E-state index is 13.2. The van der Waals surface area contributed by atoms with Gasteiger partial charge in [0.2, 0.25) is 17.7 Å². The van der Waals surface area contributed by atoms with Gasteiger partial charge in [-0.05, 0) is 60.5 Å². The molecule has 240 valence electrons. The minimum atomic E-state index is -0.379. The van der Waals surface area contributed by atoms with Gasteiger partial charge in [-0.3, -0.25) is 39.1 Å². The Kier molecular flexibility index (Phi) is 13.8. The van der Waals surface area contributed by atoms with Crippen LogP contribution in [0.3, 0.4) is 0 Å². The van der Waals surface area contributed by atoms with Gasteiger partial charge in [-0.25, -0.2) is 0 Å².